The van der Waals surface area contributed by atoms with E-state index >= 15 is 0 Å². The van der Waals surface area contributed by atoms with E-state index < -0.39 is 0 Å². The van der Waals surface area contributed by atoms with Crippen molar-refractivity contribution in [2.24, 2.45) is 0 Å². The molecule has 0 aliphatic carbocycles. The summed E-state index contributed by atoms with van der Waals surface area (Å²) in [5.41, 5.74) is 0. The average molecular weight is 237 g/mol. The fraction of sp³-hybridized carbons (Fsp3) is 0. The van der Waals surface area contributed by atoms with Crippen LogP contribution in [0.4, 0.5) is 0 Å². The lowest BCUT2D eigenvalue weighted by atomic mass is 10.2. The highest BCUT2D eigenvalue weighted by Gasteiger charge is 1.98. The van der Waals surface area contributed by atoms with E-state index in [2.05, 4.69) is 47.4 Å². The molecule has 0 fully saturated rings. The Kier molecular flexibility index (Phi) is 2.80. The van der Waals surface area contributed by atoms with Gasteiger partial charge >= 0.3 is 0 Å². The van der Waals surface area contributed by atoms with E-state index in [1.54, 1.807) is 11.8 Å². The van der Waals surface area contributed by atoms with Gasteiger partial charge in [-0.1, -0.05) is 36.0 Å². The maximum atomic E-state index is 4.15. The standard InChI is InChI=1S/C15H11NS/c1-2-4-14(5-3-1)17-15-7-6-12-8-9-16-11-13(12)10-15/h1-11H. The number of hydrogen-bond donors (Lipinski definition) is 0. The summed E-state index contributed by atoms with van der Waals surface area (Å²) in [5, 5.41) is 2.42. The molecule has 1 aromatic heterocycles. The highest BCUT2D eigenvalue weighted by Crippen LogP contribution is 2.29. The van der Waals surface area contributed by atoms with Gasteiger partial charge in [0.1, 0.15) is 0 Å². The molecular formula is C15H11NS. The molecule has 0 atom stereocenters. The van der Waals surface area contributed by atoms with Crippen LogP contribution < -0.4 is 0 Å². The Morgan fingerprint density at radius 1 is 0.765 bits per heavy atom. The molecule has 1 nitrogen and oxygen atoms in total. The van der Waals surface area contributed by atoms with Crippen molar-refractivity contribution in [2.45, 2.75) is 9.79 Å². The topological polar surface area (TPSA) is 12.9 Å². The number of hydrogen-bond acceptors (Lipinski definition) is 2. The number of aromatic nitrogens is 1. The van der Waals surface area contributed by atoms with E-state index in [0.29, 0.717) is 0 Å². The van der Waals surface area contributed by atoms with Crippen LogP contribution in [0.15, 0.2) is 76.8 Å². The number of rotatable bonds is 2. The Morgan fingerprint density at radius 3 is 2.53 bits per heavy atom. The van der Waals surface area contributed by atoms with Gasteiger partial charge in [0, 0.05) is 27.6 Å². The second kappa shape index (κ2) is 4.60. The molecule has 3 aromatic rings. The molecule has 2 aromatic carbocycles. The SMILES string of the molecule is c1ccc(Sc2ccc3ccncc3c2)cc1. The van der Waals surface area contributed by atoms with Gasteiger partial charge in [0.25, 0.3) is 0 Å². The predicted molar refractivity (Wildman–Crippen MR) is 72.3 cm³/mol. The van der Waals surface area contributed by atoms with Crippen molar-refractivity contribution < 1.29 is 0 Å². The maximum absolute atomic E-state index is 4.15. The van der Waals surface area contributed by atoms with Gasteiger partial charge in [-0.05, 0) is 35.7 Å². The maximum Gasteiger partial charge on any atom is 0.0346 e. The summed E-state index contributed by atoms with van der Waals surface area (Å²) in [7, 11) is 0. The van der Waals surface area contributed by atoms with Crippen LogP contribution in [0.2, 0.25) is 0 Å². The Balaban J connectivity index is 1.96. The van der Waals surface area contributed by atoms with Crippen LogP contribution in [0.25, 0.3) is 10.8 Å². The predicted octanol–water partition coefficient (Wildman–Crippen LogP) is 4.39. The van der Waals surface area contributed by atoms with Crippen molar-refractivity contribution in [3.63, 3.8) is 0 Å². The minimum absolute atomic E-state index is 1.19. The zero-order valence-corrected chi connectivity index (χ0v) is 10.0. The molecule has 0 bridgehead atoms. The first-order valence-electron chi connectivity index (χ1n) is 5.48. The molecule has 0 amide bonds. The Morgan fingerprint density at radius 2 is 1.65 bits per heavy atom. The molecule has 1 heterocycles. The van der Waals surface area contributed by atoms with Crippen molar-refractivity contribution in [2.75, 3.05) is 0 Å². The number of nitrogens with zero attached hydrogens (tertiary/aromatic N) is 1. The minimum atomic E-state index is 1.19. The van der Waals surface area contributed by atoms with Crippen LogP contribution in [0, 0.1) is 0 Å². The molecule has 0 N–H and O–H groups in total. The van der Waals surface area contributed by atoms with Crippen molar-refractivity contribution in [1.82, 2.24) is 4.98 Å². The summed E-state index contributed by atoms with van der Waals surface area (Å²) in [6, 6.07) is 18.9. The number of fused-ring (bicyclic) bond motifs is 1. The summed E-state index contributed by atoms with van der Waals surface area (Å²) in [4.78, 5) is 6.66. The van der Waals surface area contributed by atoms with Gasteiger partial charge in [0.05, 0.1) is 0 Å². The van der Waals surface area contributed by atoms with Crippen LogP contribution in [0.5, 0.6) is 0 Å². The normalized spacial score (nSPS) is 10.6. The van der Waals surface area contributed by atoms with Gasteiger partial charge in [0.15, 0.2) is 0 Å². The van der Waals surface area contributed by atoms with Crippen LogP contribution in [-0.4, -0.2) is 4.98 Å². The second-order valence-corrected chi connectivity index (χ2v) is 4.95. The van der Waals surface area contributed by atoms with E-state index in [1.165, 1.54) is 20.6 Å². The first-order chi connectivity index (χ1) is 8.42. The van der Waals surface area contributed by atoms with E-state index in [4.69, 9.17) is 0 Å². The molecule has 0 saturated carbocycles. The van der Waals surface area contributed by atoms with Gasteiger partial charge in [0.2, 0.25) is 0 Å². The molecule has 0 radical (unpaired) electrons. The van der Waals surface area contributed by atoms with Gasteiger partial charge in [-0.25, -0.2) is 0 Å². The lowest BCUT2D eigenvalue weighted by Gasteiger charge is -2.03. The third kappa shape index (κ3) is 2.32. The van der Waals surface area contributed by atoms with Crippen LogP contribution in [0.3, 0.4) is 0 Å². The van der Waals surface area contributed by atoms with Crippen molar-refractivity contribution in [3.05, 3.63) is 67.0 Å². The lowest BCUT2D eigenvalue weighted by Crippen LogP contribution is -1.77. The highest BCUT2D eigenvalue weighted by molar-refractivity contribution is 7.99. The molecule has 0 spiro atoms. The quantitative estimate of drug-likeness (QED) is 0.655. The number of pyridine rings is 1. The first kappa shape index (κ1) is 10.4. The van der Waals surface area contributed by atoms with E-state index in [0.717, 1.165) is 0 Å². The highest BCUT2D eigenvalue weighted by atomic mass is 32.2. The van der Waals surface area contributed by atoms with Gasteiger partial charge < -0.3 is 0 Å². The molecule has 17 heavy (non-hydrogen) atoms. The number of benzene rings is 2. The summed E-state index contributed by atoms with van der Waals surface area (Å²) in [6.45, 7) is 0. The largest absolute Gasteiger partial charge is 0.264 e. The van der Waals surface area contributed by atoms with Crippen molar-refractivity contribution in [1.29, 1.82) is 0 Å². The van der Waals surface area contributed by atoms with E-state index in [-0.39, 0.29) is 0 Å². The summed E-state index contributed by atoms with van der Waals surface area (Å²) < 4.78 is 0. The second-order valence-electron chi connectivity index (χ2n) is 3.80. The van der Waals surface area contributed by atoms with E-state index in [9.17, 15) is 0 Å². The molecule has 0 aliphatic rings. The fourth-order valence-corrected chi connectivity index (χ4v) is 2.64. The Bertz CT molecular complexity index is 635. The van der Waals surface area contributed by atoms with Crippen molar-refractivity contribution >= 4 is 22.5 Å². The first-order valence-corrected chi connectivity index (χ1v) is 6.30. The zero-order chi connectivity index (χ0) is 11.5. The Hall–Kier alpha value is -1.80. The third-order valence-electron chi connectivity index (χ3n) is 2.59. The molecule has 0 saturated heterocycles. The molecule has 0 unspecified atom stereocenters. The third-order valence-corrected chi connectivity index (χ3v) is 3.59. The summed E-state index contributed by atoms with van der Waals surface area (Å²) >= 11 is 1.77. The average Bonchev–Trinajstić information content (AvgIpc) is 2.40. The zero-order valence-electron chi connectivity index (χ0n) is 9.21. The minimum Gasteiger partial charge on any atom is -0.264 e. The van der Waals surface area contributed by atoms with Gasteiger partial charge in [-0.15, -0.1) is 0 Å². The van der Waals surface area contributed by atoms with Crippen LogP contribution in [-0.2, 0) is 0 Å². The molecule has 82 valence electrons. The van der Waals surface area contributed by atoms with Gasteiger partial charge in [-0.3, -0.25) is 4.98 Å². The van der Waals surface area contributed by atoms with Crippen LogP contribution >= 0.6 is 11.8 Å². The summed E-state index contributed by atoms with van der Waals surface area (Å²) in [6.07, 6.45) is 3.73. The summed E-state index contributed by atoms with van der Waals surface area (Å²) in [5.74, 6) is 0. The Labute approximate surface area is 105 Å². The van der Waals surface area contributed by atoms with Crippen molar-refractivity contribution in [3.8, 4) is 0 Å². The smallest absolute Gasteiger partial charge is 0.0346 e. The fourth-order valence-electron chi connectivity index (χ4n) is 1.75. The van der Waals surface area contributed by atoms with Crippen LogP contribution in [0.1, 0.15) is 0 Å². The molecule has 2 heteroatoms. The molecule has 3 rings (SSSR count). The van der Waals surface area contributed by atoms with E-state index in [1.807, 2.05) is 24.5 Å². The van der Waals surface area contributed by atoms with Gasteiger partial charge in [-0.2, -0.15) is 0 Å². The molecular weight excluding hydrogens is 226 g/mol. The lowest BCUT2D eigenvalue weighted by molar-refractivity contribution is 1.35. The monoisotopic (exact) mass is 237 g/mol. The molecule has 0 aliphatic heterocycles.